The molecule has 0 fully saturated rings. The third-order valence-electron chi connectivity index (χ3n) is 4.05. The minimum absolute atomic E-state index is 0.214. The number of nitrogens with one attached hydrogen (secondary N) is 1. The minimum Gasteiger partial charge on any atom is -0.496 e. The van der Waals surface area contributed by atoms with Gasteiger partial charge in [-0.3, -0.25) is 9.59 Å². The normalized spacial score (nSPS) is 11.4. The van der Waals surface area contributed by atoms with Crippen molar-refractivity contribution in [2.24, 2.45) is 0 Å². The quantitative estimate of drug-likeness (QED) is 0.568. The summed E-state index contributed by atoms with van der Waals surface area (Å²) >= 11 is 0. The predicted octanol–water partition coefficient (Wildman–Crippen LogP) is 3.96. The summed E-state index contributed by atoms with van der Waals surface area (Å²) in [4.78, 5) is 25.1. The number of carbonyl (C=O) groups is 2. The number of hydrogen-bond donors (Lipinski definition) is 1. The fraction of sp³-hybridized carbons (Fsp3) is 0.250. The first-order chi connectivity index (χ1) is 12.3. The molecular formula is C20H20N2O4. The number of benzene rings is 2. The second kappa shape index (κ2) is 6.63. The van der Waals surface area contributed by atoms with Gasteiger partial charge in [-0.2, -0.15) is 0 Å². The molecule has 1 N–H and O–H groups in total. The molecular weight excluding hydrogens is 332 g/mol. The lowest BCUT2D eigenvalue weighted by atomic mass is 9.93. The zero-order valence-corrected chi connectivity index (χ0v) is 15.1. The van der Waals surface area contributed by atoms with Crippen molar-refractivity contribution in [1.82, 2.24) is 5.16 Å². The van der Waals surface area contributed by atoms with E-state index < -0.39 is 11.7 Å². The van der Waals surface area contributed by atoms with E-state index in [9.17, 15) is 9.59 Å². The van der Waals surface area contributed by atoms with Crippen LogP contribution in [0.3, 0.4) is 0 Å². The van der Waals surface area contributed by atoms with Gasteiger partial charge in [0, 0.05) is 22.4 Å². The first kappa shape index (κ1) is 17.7. The highest BCUT2D eigenvalue weighted by Crippen LogP contribution is 2.29. The summed E-state index contributed by atoms with van der Waals surface area (Å²) in [6.45, 7) is 5.90. The highest BCUT2D eigenvalue weighted by Gasteiger charge is 2.23. The molecule has 1 amide bonds. The smallest absolute Gasteiger partial charge is 0.298 e. The summed E-state index contributed by atoms with van der Waals surface area (Å²) in [5.41, 5.74) is 0.0602. The monoisotopic (exact) mass is 352 g/mol. The predicted molar refractivity (Wildman–Crippen MR) is 98.7 cm³/mol. The number of rotatable bonds is 4. The van der Waals surface area contributed by atoms with Gasteiger partial charge >= 0.3 is 0 Å². The first-order valence-corrected chi connectivity index (χ1v) is 8.20. The Hall–Kier alpha value is -3.15. The van der Waals surface area contributed by atoms with E-state index in [0.717, 1.165) is 5.39 Å². The van der Waals surface area contributed by atoms with Crippen molar-refractivity contribution < 1.29 is 18.8 Å². The van der Waals surface area contributed by atoms with E-state index in [-0.39, 0.29) is 11.2 Å². The Balaban J connectivity index is 1.89. The number of methoxy groups -OCH3 is 1. The van der Waals surface area contributed by atoms with Crippen molar-refractivity contribution in [1.29, 1.82) is 0 Å². The van der Waals surface area contributed by atoms with Crippen LogP contribution in [0.15, 0.2) is 47.0 Å². The van der Waals surface area contributed by atoms with Crippen LogP contribution in [0.5, 0.6) is 5.75 Å². The van der Waals surface area contributed by atoms with Gasteiger partial charge in [0.1, 0.15) is 11.5 Å². The Labute approximate surface area is 151 Å². The maximum atomic E-state index is 12.7. The molecule has 26 heavy (non-hydrogen) atoms. The fourth-order valence-electron chi connectivity index (χ4n) is 2.63. The molecule has 0 aliphatic heterocycles. The third kappa shape index (κ3) is 3.31. The Morgan fingerprint density at radius 3 is 2.38 bits per heavy atom. The largest absolute Gasteiger partial charge is 0.496 e. The zero-order valence-electron chi connectivity index (χ0n) is 15.1. The average molecular weight is 352 g/mol. The molecule has 0 bridgehead atoms. The van der Waals surface area contributed by atoms with Crippen LogP contribution in [0.2, 0.25) is 0 Å². The molecule has 134 valence electrons. The number of ether oxygens (including phenoxy) is 1. The summed E-state index contributed by atoms with van der Waals surface area (Å²) in [5, 5.41) is 7.73. The maximum Gasteiger partial charge on any atom is 0.298 e. The van der Waals surface area contributed by atoms with Crippen molar-refractivity contribution >= 4 is 28.3 Å². The van der Waals surface area contributed by atoms with Gasteiger partial charge < -0.3 is 14.6 Å². The number of Topliss-reactive ketones (excluding diaryl/α,β-unsaturated/α-hetero) is 1. The molecule has 0 aliphatic carbocycles. The fourth-order valence-corrected chi connectivity index (χ4v) is 2.63. The Morgan fingerprint density at radius 1 is 1.08 bits per heavy atom. The molecule has 6 heteroatoms. The van der Waals surface area contributed by atoms with Crippen molar-refractivity contribution in [3.05, 3.63) is 53.8 Å². The second-order valence-electron chi connectivity index (χ2n) is 6.97. The van der Waals surface area contributed by atoms with E-state index in [1.165, 1.54) is 0 Å². The Kier molecular flexibility index (Phi) is 4.50. The number of amides is 1. The lowest BCUT2D eigenvalue weighted by Gasteiger charge is -2.12. The van der Waals surface area contributed by atoms with Gasteiger partial charge in [-0.25, -0.2) is 0 Å². The molecule has 6 nitrogen and oxygen atoms in total. The zero-order chi connectivity index (χ0) is 18.9. The molecule has 1 aromatic heterocycles. The summed E-state index contributed by atoms with van der Waals surface area (Å²) in [6, 6.07) is 12.2. The van der Waals surface area contributed by atoms with Gasteiger partial charge in [0.2, 0.25) is 0 Å². The molecule has 0 unspecified atom stereocenters. The van der Waals surface area contributed by atoms with Crippen LogP contribution in [0.1, 0.15) is 36.9 Å². The van der Waals surface area contributed by atoms with E-state index in [0.29, 0.717) is 22.5 Å². The van der Waals surface area contributed by atoms with Crippen LogP contribution in [0, 0.1) is 0 Å². The van der Waals surface area contributed by atoms with E-state index in [1.807, 2.05) is 39.0 Å². The van der Waals surface area contributed by atoms with Gasteiger partial charge in [0.25, 0.3) is 11.7 Å². The average Bonchev–Trinajstić information content (AvgIpc) is 3.09. The summed E-state index contributed by atoms with van der Waals surface area (Å²) in [7, 11) is 1.56. The second-order valence-corrected chi connectivity index (χ2v) is 6.97. The lowest BCUT2D eigenvalue weighted by molar-refractivity contribution is -0.112. The van der Waals surface area contributed by atoms with Crippen molar-refractivity contribution in [2.75, 3.05) is 12.4 Å². The first-order valence-electron chi connectivity index (χ1n) is 8.20. The van der Waals surface area contributed by atoms with Crippen molar-refractivity contribution in [3.8, 4) is 5.75 Å². The van der Waals surface area contributed by atoms with Gasteiger partial charge in [0.15, 0.2) is 5.82 Å². The summed E-state index contributed by atoms with van der Waals surface area (Å²) in [6.07, 6.45) is 0. The van der Waals surface area contributed by atoms with Crippen LogP contribution in [0.4, 0.5) is 5.82 Å². The number of fused-ring (bicyclic) bond motifs is 1. The molecule has 0 saturated carbocycles. The highest BCUT2D eigenvalue weighted by molar-refractivity contribution is 6.48. The van der Waals surface area contributed by atoms with Gasteiger partial charge in [-0.05, 0) is 17.5 Å². The SMILES string of the molecule is COc1ccc(C(=O)C(=O)Nc2cc(C(C)(C)C)on2)c2ccccc12. The van der Waals surface area contributed by atoms with Crippen LogP contribution in [0.25, 0.3) is 10.8 Å². The van der Waals surface area contributed by atoms with Crippen LogP contribution < -0.4 is 10.1 Å². The summed E-state index contributed by atoms with van der Waals surface area (Å²) < 4.78 is 10.5. The number of anilines is 1. The van der Waals surface area contributed by atoms with Crippen molar-refractivity contribution in [2.45, 2.75) is 26.2 Å². The molecule has 3 aromatic rings. The number of nitrogens with zero attached hydrogens (tertiary/aromatic N) is 1. The Morgan fingerprint density at radius 2 is 1.77 bits per heavy atom. The van der Waals surface area contributed by atoms with E-state index >= 15 is 0 Å². The number of carbonyl (C=O) groups excluding carboxylic acids is 2. The van der Waals surface area contributed by atoms with Gasteiger partial charge in [-0.1, -0.05) is 50.2 Å². The molecule has 3 rings (SSSR count). The minimum atomic E-state index is -0.769. The Bertz CT molecular complexity index is 983. The topological polar surface area (TPSA) is 81.4 Å². The summed E-state index contributed by atoms with van der Waals surface area (Å²) in [5.74, 6) is 0.0587. The standard InChI is InChI=1S/C20H20N2O4/c1-20(2,3)16-11-17(22-26-16)21-19(24)18(23)14-9-10-15(25-4)13-8-6-5-7-12(13)14/h5-11H,1-4H3,(H,21,22,24). The highest BCUT2D eigenvalue weighted by atomic mass is 16.5. The molecule has 2 aromatic carbocycles. The van der Waals surface area contributed by atoms with Crippen molar-refractivity contribution in [3.63, 3.8) is 0 Å². The molecule has 0 aliphatic rings. The number of aromatic nitrogens is 1. The molecule has 0 atom stereocenters. The van der Waals surface area contributed by atoms with Crippen LogP contribution >= 0.6 is 0 Å². The van der Waals surface area contributed by atoms with Crippen LogP contribution in [-0.4, -0.2) is 24.0 Å². The third-order valence-corrected chi connectivity index (χ3v) is 4.05. The van der Waals surface area contributed by atoms with E-state index in [1.54, 1.807) is 31.4 Å². The van der Waals surface area contributed by atoms with Gasteiger partial charge in [-0.15, -0.1) is 0 Å². The molecule has 0 radical (unpaired) electrons. The molecule has 0 saturated heterocycles. The number of hydrogen-bond acceptors (Lipinski definition) is 5. The molecule has 0 spiro atoms. The van der Waals surface area contributed by atoms with Crippen LogP contribution in [-0.2, 0) is 10.2 Å². The lowest BCUT2D eigenvalue weighted by Crippen LogP contribution is -2.23. The van der Waals surface area contributed by atoms with Gasteiger partial charge in [0.05, 0.1) is 7.11 Å². The molecule has 1 heterocycles. The van der Waals surface area contributed by atoms with E-state index in [4.69, 9.17) is 9.26 Å². The number of ketones is 1. The maximum absolute atomic E-state index is 12.7. The van der Waals surface area contributed by atoms with E-state index in [2.05, 4.69) is 10.5 Å².